The Morgan fingerprint density at radius 1 is 1.43 bits per heavy atom. The second kappa shape index (κ2) is 7.38. The molecule has 0 aromatic carbocycles. The summed E-state index contributed by atoms with van der Waals surface area (Å²) in [6.45, 7) is 5.45. The van der Waals surface area contributed by atoms with E-state index in [1.165, 1.54) is 25.3 Å². The van der Waals surface area contributed by atoms with Gasteiger partial charge in [-0.1, -0.05) is 26.2 Å². The van der Waals surface area contributed by atoms with E-state index in [4.69, 9.17) is 0 Å². The lowest BCUT2D eigenvalue weighted by Gasteiger charge is -2.28. The summed E-state index contributed by atoms with van der Waals surface area (Å²) in [6.07, 6.45) is 6.02. The number of carbonyl (C=O) groups is 1. The molecule has 1 aromatic heterocycles. The van der Waals surface area contributed by atoms with Gasteiger partial charge in [-0.05, 0) is 31.2 Å². The molecule has 5 heteroatoms. The van der Waals surface area contributed by atoms with Gasteiger partial charge in [0.2, 0.25) is 0 Å². The lowest BCUT2D eigenvalue weighted by atomic mass is 9.80. The lowest BCUT2D eigenvalue weighted by Crippen LogP contribution is -2.34. The molecule has 1 amide bonds. The number of aromatic nitrogens is 1. The normalized spacial score (nSPS) is 21.9. The molecule has 0 bridgehead atoms. The predicted octanol–water partition coefficient (Wildman–Crippen LogP) is 3.21. The Morgan fingerprint density at radius 2 is 2.19 bits per heavy atom. The van der Waals surface area contributed by atoms with Crippen molar-refractivity contribution in [3.05, 3.63) is 23.6 Å². The monoisotopic (exact) mass is 293 g/mol. The Bertz CT molecular complexity index is 492. The predicted molar refractivity (Wildman–Crippen MR) is 81.8 cm³/mol. The van der Waals surface area contributed by atoms with Crippen LogP contribution in [0.3, 0.4) is 0 Å². The summed E-state index contributed by atoms with van der Waals surface area (Å²) in [5.74, 6) is 0.848. The minimum absolute atomic E-state index is 0.254. The van der Waals surface area contributed by atoms with Crippen LogP contribution < -0.4 is 10.6 Å². The van der Waals surface area contributed by atoms with E-state index in [1.54, 1.807) is 0 Å². The number of carbonyl (C=O) groups excluding carboxylic acids is 1. The molecule has 2 atom stereocenters. The van der Waals surface area contributed by atoms with Crippen molar-refractivity contribution < 1.29 is 9.18 Å². The number of hydrogen-bond acceptors (Lipinski definition) is 3. The van der Waals surface area contributed by atoms with Crippen molar-refractivity contribution in [2.24, 2.45) is 11.8 Å². The summed E-state index contributed by atoms with van der Waals surface area (Å²) in [7, 11) is 0. The van der Waals surface area contributed by atoms with Gasteiger partial charge < -0.3 is 10.6 Å². The molecule has 1 aliphatic carbocycles. The molecule has 2 rings (SSSR count). The molecule has 1 heterocycles. The highest BCUT2D eigenvalue weighted by Gasteiger charge is 2.22. The van der Waals surface area contributed by atoms with E-state index in [1.807, 2.05) is 6.92 Å². The zero-order valence-electron chi connectivity index (χ0n) is 12.8. The first-order valence-electron chi connectivity index (χ1n) is 7.79. The van der Waals surface area contributed by atoms with E-state index in [-0.39, 0.29) is 11.5 Å². The first-order valence-corrected chi connectivity index (χ1v) is 7.79. The molecule has 0 aliphatic heterocycles. The van der Waals surface area contributed by atoms with Crippen LogP contribution in [0.25, 0.3) is 0 Å². The van der Waals surface area contributed by atoms with Crippen LogP contribution in [0.4, 0.5) is 10.2 Å². The highest BCUT2D eigenvalue weighted by molar-refractivity contribution is 5.98. The molecule has 1 fully saturated rings. The Morgan fingerprint density at radius 3 is 2.90 bits per heavy atom. The number of hydrogen-bond donors (Lipinski definition) is 2. The van der Waals surface area contributed by atoms with Crippen molar-refractivity contribution in [2.75, 3.05) is 18.4 Å². The molecule has 2 unspecified atom stereocenters. The van der Waals surface area contributed by atoms with Crippen LogP contribution >= 0.6 is 0 Å². The summed E-state index contributed by atoms with van der Waals surface area (Å²) in [5, 5.41) is 5.93. The molecule has 1 saturated carbocycles. The second-order valence-corrected chi connectivity index (χ2v) is 5.81. The lowest BCUT2D eigenvalue weighted by molar-refractivity contribution is 0.0936. The number of amides is 1. The van der Waals surface area contributed by atoms with Gasteiger partial charge in [0, 0.05) is 13.1 Å². The van der Waals surface area contributed by atoms with Crippen molar-refractivity contribution in [1.82, 2.24) is 10.3 Å². The largest absolute Gasteiger partial charge is 0.370 e. The molecular formula is C16H24FN3O. The fourth-order valence-corrected chi connectivity index (χ4v) is 2.94. The molecule has 0 saturated heterocycles. The third-order valence-electron chi connectivity index (χ3n) is 4.26. The molecule has 2 N–H and O–H groups in total. The summed E-state index contributed by atoms with van der Waals surface area (Å²) >= 11 is 0. The van der Waals surface area contributed by atoms with Crippen LogP contribution in [0, 0.1) is 17.7 Å². The zero-order chi connectivity index (χ0) is 15.2. The first kappa shape index (κ1) is 15.7. The average Bonchev–Trinajstić information content (AvgIpc) is 2.48. The zero-order valence-corrected chi connectivity index (χ0v) is 12.8. The maximum absolute atomic E-state index is 13.3. The number of anilines is 1. The fraction of sp³-hybridized carbons (Fsp3) is 0.625. The van der Waals surface area contributed by atoms with Gasteiger partial charge >= 0.3 is 0 Å². The molecule has 0 radical (unpaired) electrons. The number of nitrogens with one attached hydrogen (secondary N) is 2. The SMILES string of the molecule is CCNc1ncc(F)cc1C(=O)NCC1CCCCC1C. The minimum atomic E-state index is -0.493. The van der Waals surface area contributed by atoms with Crippen molar-refractivity contribution >= 4 is 11.7 Å². The van der Waals surface area contributed by atoms with Gasteiger partial charge in [0.1, 0.15) is 11.6 Å². The maximum atomic E-state index is 13.3. The van der Waals surface area contributed by atoms with Crippen molar-refractivity contribution in [3.63, 3.8) is 0 Å². The second-order valence-electron chi connectivity index (χ2n) is 5.81. The highest BCUT2D eigenvalue weighted by atomic mass is 19.1. The van der Waals surface area contributed by atoms with Crippen LogP contribution in [0.15, 0.2) is 12.3 Å². The van der Waals surface area contributed by atoms with Crippen LogP contribution in [-0.4, -0.2) is 24.0 Å². The number of rotatable bonds is 5. The maximum Gasteiger partial charge on any atom is 0.255 e. The number of pyridine rings is 1. The van der Waals surface area contributed by atoms with Crippen LogP contribution in [0.5, 0.6) is 0 Å². The van der Waals surface area contributed by atoms with E-state index < -0.39 is 5.82 Å². The molecule has 0 spiro atoms. The number of halogens is 1. The van der Waals surface area contributed by atoms with Crippen molar-refractivity contribution in [3.8, 4) is 0 Å². The van der Waals surface area contributed by atoms with Crippen molar-refractivity contribution in [1.29, 1.82) is 0 Å². The topological polar surface area (TPSA) is 54.0 Å². The fourth-order valence-electron chi connectivity index (χ4n) is 2.94. The Kier molecular flexibility index (Phi) is 5.53. The molecule has 1 aliphatic rings. The Balaban J connectivity index is 2.00. The molecule has 21 heavy (non-hydrogen) atoms. The summed E-state index contributed by atoms with van der Waals surface area (Å²) in [4.78, 5) is 16.2. The third-order valence-corrected chi connectivity index (χ3v) is 4.26. The third kappa shape index (κ3) is 4.16. The van der Waals surface area contributed by atoms with Gasteiger partial charge in [-0.25, -0.2) is 9.37 Å². The standard InChI is InChI=1S/C16H24FN3O/c1-3-18-15-14(8-13(17)10-19-15)16(21)20-9-12-7-5-4-6-11(12)2/h8,10-12H,3-7,9H2,1-2H3,(H,18,19)(H,20,21). The van der Waals surface area contributed by atoms with Crippen molar-refractivity contribution in [2.45, 2.75) is 39.5 Å². The molecular weight excluding hydrogens is 269 g/mol. The molecule has 4 nitrogen and oxygen atoms in total. The molecule has 116 valence electrons. The Hall–Kier alpha value is -1.65. The smallest absolute Gasteiger partial charge is 0.255 e. The van der Waals surface area contributed by atoms with E-state index in [0.29, 0.717) is 30.7 Å². The van der Waals surface area contributed by atoms with E-state index >= 15 is 0 Å². The molecule has 1 aromatic rings. The Labute approximate surface area is 125 Å². The minimum Gasteiger partial charge on any atom is -0.370 e. The van der Waals surface area contributed by atoms with Gasteiger partial charge in [-0.2, -0.15) is 0 Å². The van der Waals surface area contributed by atoms with Gasteiger partial charge in [0.05, 0.1) is 11.8 Å². The summed E-state index contributed by atoms with van der Waals surface area (Å²) in [5.41, 5.74) is 0.278. The summed E-state index contributed by atoms with van der Waals surface area (Å²) in [6, 6.07) is 1.24. The van der Waals surface area contributed by atoms with Gasteiger partial charge in [0.25, 0.3) is 5.91 Å². The van der Waals surface area contributed by atoms with Gasteiger partial charge in [0.15, 0.2) is 0 Å². The highest BCUT2D eigenvalue weighted by Crippen LogP contribution is 2.29. The quantitative estimate of drug-likeness (QED) is 0.876. The van der Waals surface area contributed by atoms with E-state index in [2.05, 4.69) is 22.5 Å². The number of nitrogens with zero attached hydrogens (tertiary/aromatic N) is 1. The average molecular weight is 293 g/mol. The van der Waals surface area contributed by atoms with Gasteiger partial charge in [-0.15, -0.1) is 0 Å². The van der Waals surface area contributed by atoms with Crippen LogP contribution in [0.2, 0.25) is 0 Å². The van der Waals surface area contributed by atoms with Crippen LogP contribution in [-0.2, 0) is 0 Å². The van der Waals surface area contributed by atoms with E-state index in [0.717, 1.165) is 12.6 Å². The van der Waals surface area contributed by atoms with E-state index in [9.17, 15) is 9.18 Å². The summed E-state index contributed by atoms with van der Waals surface area (Å²) < 4.78 is 13.3. The van der Waals surface area contributed by atoms with Gasteiger partial charge in [-0.3, -0.25) is 4.79 Å². The first-order chi connectivity index (χ1) is 10.1. The van der Waals surface area contributed by atoms with Crippen LogP contribution in [0.1, 0.15) is 49.9 Å².